The Hall–Kier alpha value is -1.73. The van der Waals surface area contributed by atoms with E-state index in [4.69, 9.17) is 0 Å². The van der Waals surface area contributed by atoms with Crippen LogP contribution >= 0.6 is 0 Å². The highest BCUT2D eigenvalue weighted by Crippen LogP contribution is 2.21. The van der Waals surface area contributed by atoms with Crippen LogP contribution < -0.4 is 4.74 Å². The summed E-state index contributed by atoms with van der Waals surface area (Å²) >= 11 is 0. The van der Waals surface area contributed by atoms with E-state index < -0.39 is 30.7 Å². The summed E-state index contributed by atoms with van der Waals surface area (Å²) in [6.07, 6.45) is -6.54. The first-order valence-electron chi connectivity index (χ1n) is 4.28. The zero-order chi connectivity index (χ0) is 13.1. The number of ether oxygens (including phenoxy) is 1. The van der Waals surface area contributed by atoms with E-state index in [1.54, 1.807) is 0 Å². The van der Waals surface area contributed by atoms with Gasteiger partial charge >= 0.3 is 6.18 Å². The van der Waals surface area contributed by atoms with E-state index in [0.717, 1.165) is 12.4 Å². The van der Waals surface area contributed by atoms with Gasteiger partial charge < -0.3 is 4.74 Å². The summed E-state index contributed by atoms with van der Waals surface area (Å²) < 4.78 is 64.2. The Labute approximate surface area is 92.9 Å². The van der Waals surface area contributed by atoms with Crippen molar-refractivity contribution in [3.63, 3.8) is 0 Å². The number of nitrogens with zero attached hydrogens (tertiary/aromatic N) is 2. The van der Waals surface area contributed by atoms with Crippen molar-refractivity contribution in [3.8, 4) is 5.88 Å². The molecule has 1 aromatic rings. The van der Waals surface area contributed by atoms with Gasteiger partial charge in [-0.1, -0.05) is 6.58 Å². The number of allylic oxidation sites excluding steroid dienone is 1. The van der Waals surface area contributed by atoms with Crippen LogP contribution in [0.25, 0.3) is 5.57 Å². The van der Waals surface area contributed by atoms with Crippen molar-refractivity contribution in [1.82, 2.24) is 9.97 Å². The van der Waals surface area contributed by atoms with Crippen LogP contribution in [0.5, 0.6) is 5.88 Å². The van der Waals surface area contributed by atoms with Crippen molar-refractivity contribution in [2.24, 2.45) is 0 Å². The molecule has 0 aliphatic rings. The molecule has 0 amide bonds. The molecule has 1 aromatic heterocycles. The predicted octanol–water partition coefficient (Wildman–Crippen LogP) is 2.70. The van der Waals surface area contributed by atoms with Crippen molar-refractivity contribution < 1.29 is 26.7 Å². The topological polar surface area (TPSA) is 35.0 Å². The molecule has 0 saturated carbocycles. The van der Waals surface area contributed by atoms with Crippen LogP contribution in [0.15, 0.2) is 19.0 Å². The Morgan fingerprint density at radius 1 is 1.35 bits per heavy atom. The zero-order valence-corrected chi connectivity index (χ0v) is 8.34. The monoisotopic (exact) mass is 254 g/mol. The number of alkyl halides is 5. The zero-order valence-electron chi connectivity index (χ0n) is 8.34. The second-order valence-corrected chi connectivity index (χ2v) is 2.97. The molecule has 8 heteroatoms. The first kappa shape index (κ1) is 13.3. The van der Waals surface area contributed by atoms with E-state index in [0.29, 0.717) is 0 Å². The standard InChI is InChI=1S/C9H7F5N2O/c1-5(8(10)11)6-2-7(16-4-15-6)17-3-9(12,13)14/h2,4,8H,1,3H2. The molecular formula is C9H7F5N2O. The Morgan fingerprint density at radius 3 is 2.53 bits per heavy atom. The van der Waals surface area contributed by atoms with E-state index in [2.05, 4.69) is 21.3 Å². The van der Waals surface area contributed by atoms with Crippen LogP contribution in [0.2, 0.25) is 0 Å². The van der Waals surface area contributed by atoms with Crippen molar-refractivity contribution in [2.45, 2.75) is 12.6 Å². The second-order valence-electron chi connectivity index (χ2n) is 2.97. The highest BCUT2D eigenvalue weighted by Gasteiger charge is 2.28. The molecule has 0 aromatic carbocycles. The van der Waals surface area contributed by atoms with Gasteiger partial charge in [0.15, 0.2) is 6.61 Å². The Bertz CT molecular complexity index is 405. The molecule has 0 unspecified atom stereocenters. The largest absolute Gasteiger partial charge is 0.468 e. The number of aromatic nitrogens is 2. The minimum absolute atomic E-state index is 0.257. The summed E-state index contributed by atoms with van der Waals surface area (Å²) in [5.41, 5.74) is -0.864. The van der Waals surface area contributed by atoms with Crippen molar-refractivity contribution in [2.75, 3.05) is 6.61 Å². The molecule has 94 valence electrons. The van der Waals surface area contributed by atoms with Gasteiger partial charge in [0.1, 0.15) is 6.33 Å². The van der Waals surface area contributed by atoms with Crippen LogP contribution in [0.3, 0.4) is 0 Å². The Balaban J connectivity index is 2.76. The van der Waals surface area contributed by atoms with Gasteiger partial charge in [-0.2, -0.15) is 13.2 Å². The van der Waals surface area contributed by atoms with Gasteiger partial charge in [-0.05, 0) is 0 Å². The van der Waals surface area contributed by atoms with Gasteiger partial charge in [-0.3, -0.25) is 0 Å². The van der Waals surface area contributed by atoms with Gasteiger partial charge in [-0.25, -0.2) is 18.7 Å². The minimum atomic E-state index is -4.52. The molecule has 0 saturated heterocycles. The molecule has 1 heterocycles. The summed E-state index contributed by atoms with van der Waals surface area (Å²) in [6, 6.07) is 0.875. The first-order chi connectivity index (χ1) is 7.79. The second kappa shape index (κ2) is 5.07. The Morgan fingerprint density at radius 2 is 2.00 bits per heavy atom. The fourth-order valence-corrected chi connectivity index (χ4v) is 0.862. The van der Waals surface area contributed by atoms with Crippen molar-refractivity contribution >= 4 is 5.57 Å². The maximum absolute atomic E-state index is 12.2. The van der Waals surface area contributed by atoms with Crippen molar-refractivity contribution in [3.05, 3.63) is 24.7 Å². The van der Waals surface area contributed by atoms with Gasteiger partial charge in [0.2, 0.25) is 5.88 Å². The third-order valence-corrected chi connectivity index (χ3v) is 1.62. The highest BCUT2D eigenvalue weighted by molar-refractivity contribution is 5.62. The molecular weight excluding hydrogens is 247 g/mol. The summed E-state index contributed by atoms with van der Waals surface area (Å²) in [4.78, 5) is 6.82. The van der Waals surface area contributed by atoms with Gasteiger partial charge in [0.25, 0.3) is 6.43 Å². The first-order valence-corrected chi connectivity index (χ1v) is 4.28. The number of rotatable bonds is 4. The Kier molecular flexibility index (Phi) is 3.97. The highest BCUT2D eigenvalue weighted by atomic mass is 19.4. The molecule has 1 rings (SSSR count). The van der Waals surface area contributed by atoms with E-state index in [9.17, 15) is 22.0 Å². The number of halogens is 5. The average Bonchev–Trinajstić information content (AvgIpc) is 2.24. The fourth-order valence-electron chi connectivity index (χ4n) is 0.862. The van der Waals surface area contributed by atoms with E-state index in [1.807, 2.05) is 0 Å². The lowest BCUT2D eigenvalue weighted by Crippen LogP contribution is -2.19. The summed E-state index contributed by atoms with van der Waals surface area (Å²) in [5, 5.41) is 0. The van der Waals surface area contributed by atoms with E-state index in [-0.39, 0.29) is 5.69 Å². The third kappa shape index (κ3) is 4.33. The normalized spacial score (nSPS) is 11.6. The fraction of sp³-hybridized carbons (Fsp3) is 0.333. The molecule has 0 bridgehead atoms. The van der Waals surface area contributed by atoms with E-state index >= 15 is 0 Å². The lowest BCUT2D eigenvalue weighted by molar-refractivity contribution is -0.154. The van der Waals surface area contributed by atoms with Crippen LogP contribution in [-0.2, 0) is 0 Å². The van der Waals surface area contributed by atoms with E-state index in [1.165, 1.54) is 0 Å². The van der Waals surface area contributed by atoms with Crippen LogP contribution in [0, 0.1) is 0 Å². The molecule has 0 N–H and O–H groups in total. The molecule has 0 radical (unpaired) electrons. The lowest BCUT2D eigenvalue weighted by Gasteiger charge is -2.09. The number of hydrogen-bond acceptors (Lipinski definition) is 3. The summed E-state index contributed by atoms with van der Waals surface area (Å²) in [5.74, 6) is -0.436. The lowest BCUT2D eigenvalue weighted by atomic mass is 10.2. The molecule has 0 atom stereocenters. The van der Waals surface area contributed by atoms with Crippen LogP contribution in [-0.4, -0.2) is 29.2 Å². The molecule has 3 nitrogen and oxygen atoms in total. The van der Waals surface area contributed by atoms with Gasteiger partial charge in [0.05, 0.1) is 5.69 Å². The number of hydrogen-bond donors (Lipinski definition) is 0. The SMILES string of the molecule is C=C(c1cc(OCC(F)(F)F)ncn1)C(F)F. The summed E-state index contributed by atoms with van der Waals surface area (Å²) in [7, 11) is 0. The minimum Gasteiger partial charge on any atom is -0.468 e. The molecule has 0 aliphatic heterocycles. The maximum Gasteiger partial charge on any atom is 0.422 e. The molecule has 0 fully saturated rings. The van der Waals surface area contributed by atoms with Gasteiger partial charge in [0, 0.05) is 11.6 Å². The average molecular weight is 254 g/mol. The molecule has 17 heavy (non-hydrogen) atoms. The molecule has 0 spiro atoms. The smallest absolute Gasteiger partial charge is 0.422 e. The van der Waals surface area contributed by atoms with Crippen molar-refractivity contribution in [1.29, 1.82) is 0 Å². The van der Waals surface area contributed by atoms with Crippen LogP contribution in [0.1, 0.15) is 5.69 Å². The van der Waals surface area contributed by atoms with Gasteiger partial charge in [-0.15, -0.1) is 0 Å². The predicted molar refractivity (Wildman–Crippen MR) is 48.6 cm³/mol. The third-order valence-electron chi connectivity index (χ3n) is 1.62. The maximum atomic E-state index is 12.2. The molecule has 0 aliphatic carbocycles. The van der Waals surface area contributed by atoms with Crippen LogP contribution in [0.4, 0.5) is 22.0 Å². The quantitative estimate of drug-likeness (QED) is 0.775. The summed E-state index contributed by atoms with van der Waals surface area (Å²) in [6.45, 7) is 1.51.